The number of amides is 1. The molecule has 1 saturated heterocycles. The van der Waals surface area contributed by atoms with Gasteiger partial charge in [-0.15, -0.1) is 0 Å². The van der Waals surface area contributed by atoms with Crippen molar-refractivity contribution in [2.45, 2.75) is 71.4 Å². The van der Waals surface area contributed by atoms with Gasteiger partial charge in [-0.2, -0.15) is 0 Å². The Morgan fingerprint density at radius 1 is 1.15 bits per heavy atom. The lowest BCUT2D eigenvalue weighted by molar-refractivity contribution is 0.0190. The second-order valence-corrected chi connectivity index (χ2v) is 10.5. The number of hydrogen-bond donors (Lipinski definition) is 1. The molecular weight excluding hydrogens is 436 g/mol. The molecule has 1 saturated carbocycles. The zero-order valence-corrected chi connectivity index (χ0v) is 20.8. The summed E-state index contributed by atoms with van der Waals surface area (Å²) in [5.41, 5.74) is 1.42. The summed E-state index contributed by atoms with van der Waals surface area (Å²) in [6, 6.07) is 1.79. The summed E-state index contributed by atoms with van der Waals surface area (Å²) >= 11 is 0. The zero-order chi connectivity index (χ0) is 24.9. The molecule has 184 valence electrons. The number of aromatic carboxylic acids is 1. The van der Waals surface area contributed by atoms with Gasteiger partial charge in [0.25, 0.3) is 5.56 Å². The minimum Gasteiger partial charge on any atom is -0.477 e. The molecule has 2 aromatic rings. The van der Waals surface area contributed by atoms with Gasteiger partial charge < -0.3 is 24.2 Å². The number of fused-ring (bicyclic) bond motifs is 1. The highest BCUT2D eigenvalue weighted by atomic mass is 16.6. The normalized spacial score (nSPS) is 19.3. The van der Waals surface area contributed by atoms with Gasteiger partial charge in [-0.3, -0.25) is 9.78 Å². The molecule has 9 heteroatoms. The third kappa shape index (κ3) is 4.48. The van der Waals surface area contributed by atoms with Gasteiger partial charge in [-0.05, 0) is 59.9 Å². The van der Waals surface area contributed by atoms with E-state index in [1.54, 1.807) is 11.9 Å². The third-order valence-electron chi connectivity index (χ3n) is 6.58. The van der Waals surface area contributed by atoms with Crippen molar-refractivity contribution in [3.63, 3.8) is 0 Å². The molecule has 0 spiro atoms. The van der Waals surface area contributed by atoms with Crippen LogP contribution >= 0.6 is 0 Å². The highest BCUT2D eigenvalue weighted by Crippen LogP contribution is 2.43. The first-order valence-electron chi connectivity index (χ1n) is 11.9. The van der Waals surface area contributed by atoms with Crippen molar-refractivity contribution in [1.82, 2.24) is 14.5 Å². The Balaban J connectivity index is 1.83. The van der Waals surface area contributed by atoms with Crippen LogP contribution in [-0.2, 0) is 11.8 Å². The molecule has 2 aromatic heterocycles. The molecule has 0 unspecified atom stereocenters. The number of ether oxygens (including phenoxy) is 1. The lowest BCUT2D eigenvalue weighted by Gasteiger charge is -2.30. The fourth-order valence-corrected chi connectivity index (χ4v) is 4.77. The van der Waals surface area contributed by atoms with Gasteiger partial charge in [0.1, 0.15) is 11.2 Å². The quantitative estimate of drug-likeness (QED) is 0.730. The number of carboxylic acid groups (broad SMARTS) is 1. The van der Waals surface area contributed by atoms with Crippen LogP contribution in [0.3, 0.4) is 0 Å². The second-order valence-electron chi connectivity index (χ2n) is 10.5. The number of aryl methyl sites for hydroxylation is 2. The van der Waals surface area contributed by atoms with Gasteiger partial charge in [0.2, 0.25) is 0 Å². The molecule has 0 bridgehead atoms. The Morgan fingerprint density at radius 3 is 2.41 bits per heavy atom. The van der Waals surface area contributed by atoms with Crippen LogP contribution in [0.5, 0.6) is 0 Å². The monoisotopic (exact) mass is 470 g/mol. The van der Waals surface area contributed by atoms with Crippen LogP contribution in [0.1, 0.15) is 74.6 Å². The molecule has 1 N–H and O–H groups in total. The standard InChI is InChI=1S/C25H34N4O5/c1-14-13-17-20(28-10-9-15(2)29(12-11-28)24(33)34-25(3,4)5)18(23(31)32)22(30)27(6)21(17)19(26-14)16-7-8-16/h13,15-16H,7-12H2,1-6H3,(H,31,32)/t15-/m0/s1. The van der Waals surface area contributed by atoms with Gasteiger partial charge in [-0.1, -0.05) is 0 Å². The largest absolute Gasteiger partial charge is 0.477 e. The van der Waals surface area contributed by atoms with Gasteiger partial charge in [0, 0.05) is 49.7 Å². The van der Waals surface area contributed by atoms with Gasteiger partial charge in [0.05, 0.1) is 16.9 Å². The van der Waals surface area contributed by atoms with E-state index in [4.69, 9.17) is 9.72 Å². The fourth-order valence-electron chi connectivity index (χ4n) is 4.77. The molecule has 34 heavy (non-hydrogen) atoms. The second kappa shape index (κ2) is 8.60. The van der Waals surface area contributed by atoms with Crippen LogP contribution in [0.4, 0.5) is 10.5 Å². The van der Waals surface area contributed by atoms with Crippen molar-refractivity contribution in [3.05, 3.63) is 33.4 Å². The summed E-state index contributed by atoms with van der Waals surface area (Å²) in [5, 5.41) is 10.8. The third-order valence-corrected chi connectivity index (χ3v) is 6.58. The predicted molar refractivity (Wildman–Crippen MR) is 130 cm³/mol. The lowest BCUT2D eigenvalue weighted by Crippen LogP contribution is -2.43. The molecular formula is C25H34N4O5. The van der Waals surface area contributed by atoms with Crippen LogP contribution in [0.2, 0.25) is 0 Å². The molecule has 1 aliphatic heterocycles. The Bertz CT molecular complexity index is 1210. The Kier molecular flexibility index (Phi) is 6.08. The minimum absolute atomic E-state index is 0.0867. The number of carbonyl (C=O) groups excluding carboxylic acids is 1. The fraction of sp³-hybridized carbons (Fsp3) is 0.600. The highest BCUT2D eigenvalue weighted by molar-refractivity contribution is 6.05. The van der Waals surface area contributed by atoms with Crippen LogP contribution in [0.15, 0.2) is 10.9 Å². The Hall–Kier alpha value is -3.10. The average molecular weight is 471 g/mol. The Labute approximate surface area is 199 Å². The van der Waals surface area contributed by atoms with E-state index in [2.05, 4.69) is 0 Å². The van der Waals surface area contributed by atoms with E-state index in [-0.39, 0.29) is 17.7 Å². The van der Waals surface area contributed by atoms with E-state index in [0.717, 1.165) is 29.6 Å². The number of anilines is 1. The highest BCUT2D eigenvalue weighted by Gasteiger charge is 2.34. The molecule has 1 aliphatic carbocycles. The summed E-state index contributed by atoms with van der Waals surface area (Å²) in [5.74, 6) is -0.954. The van der Waals surface area contributed by atoms with Crippen LogP contribution in [-0.4, -0.2) is 62.9 Å². The van der Waals surface area contributed by atoms with E-state index in [0.29, 0.717) is 43.2 Å². The molecule has 0 aromatic carbocycles. The maximum absolute atomic E-state index is 13.3. The van der Waals surface area contributed by atoms with Crippen molar-refractivity contribution >= 4 is 28.7 Å². The van der Waals surface area contributed by atoms with Crippen LogP contribution in [0, 0.1) is 6.92 Å². The molecule has 2 aliphatic rings. The van der Waals surface area contributed by atoms with Crippen molar-refractivity contribution in [2.75, 3.05) is 24.5 Å². The molecule has 9 nitrogen and oxygen atoms in total. The number of carbonyl (C=O) groups is 2. The van der Waals surface area contributed by atoms with Gasteiger partial charge in [0.15, 0.2) is 0 Å². The lowest BCUT2D eigenvalue weighted by atomic mass is 10.0. The van der Waals surface area contributed by atoms with E-state index in [1.807, 2.05) is 45.6 Å². The number of hydrogen-bond acceptors (Lipinski definition) is 6. The summed E-state index contributed by atoms with van der Waals surface area (Å²) in [6.07, 6.45) is 2.27. The number of nitrogens with zero attached hydrogens (tertiary/aromatic N) is 4. The number of carboxylic acids is 1. The maximum Gasteiger partial charge on any atom is 0.410 e. The molecule has 2 fully saturated rings. The smallest absolute Gasteiger partial charge is 0.410 e. The van der Waals surface area contributed by atoms with Gasteiger partial charge in [-0.25, -0.2) is 9.59 Å². The van der Waals surface area contributed by atoms with Crippen molar-refractivity contribution in [2.24, 2.45) is 7.05 Å². The van der Waals surface area contributed by atoms with Crippen LogP contribution < -0.4 is 10.5 Å². The van der Waals surface area contributed by atoms with E-state index in [9.17, 15) is 19.5 Å². The van der Waals surface area contributed by atoms with Gasteiger partial charge >= 0.3 is 12.1 Å². The topological polar surface area (TPSA) is 105 Å². The van der Waals surface area contributed by atoms with E-state index in [1.165, 1.54) is 4.57 Å². The summed E-state index contributed by atoms with van der Waals surface area (Å²) in [6.45, 7) is 10.6. The predicted octanol–water partition coefficient (Wildman–Crippen LogP) is 3.65. The number of rotatable bonds is 3. The molecule has 3 heterocycles. The van der Waals surface area contributed by atoms with Crippen molar-refractivity contribution in [3.8, 4) is 0 Å². The van der Waals surface area contributed by atoms with Crippen molar-refractivity contribution < 1.29 is 19.4 Å². The first kappa shape index (κ1) is 24.0. The molecule has 1 amide bonds. The zero-order valence-electron chi connectivity index (χ0n) is 20.8. The summed E-state index contributed by atoms with van der Waals surface area (Å²) in [4.78, 5) is 46.8. The average Bonchev–Trinajstić information content (AvgIpc) is 3.56. The SMILES string of the molecule is Cc1cc2c(N3CC[C@H](C)N(C(=O)OC(C)(C)C)CC3)c(C(=O)O)c(=O)n(C)c2c(C2CC2)n1. The first-order valence-corrected chi connectivity index (χ1v) is 11.9. The van der Waals surface area contributed by atoms with E-state index < -0.39 is 17.1 Å². The van der Waals surface area contributed by atoms with Crippen LogP contribution in [0.25, 0.3) is 10.9 Å². The molecule has 1 atom stereocenters. The maximum atomic E-state index is 13.3. The molecule has 0 radical (unpaired) electrons. The first-order chi connectivity index (χ1) is 15.9. The number of pyridine rings is 2. The minimum atomic E-state index is -1.25. The number of aromatic nitrogens is 2. The van der Waals surface area contributed by atoms with Crippen molar-refractivity contribution in [1.29, 1.82) is 0 Å². The molecule has 4 rings (SSSR count). The Morgan fingerprint density at radius 2 is 1.82 bits per heavy atom. The summed E-state index contributed by atoms with van der Waals surface area (Å²) < 4.78 is 7.03. The van der Waals surface area contributed by atoms with E-state index >= 15 is 0 Å². The summed E-state index contributed by atoms with van der Waals surface area (Å²) in [7, 11) is 1.62.